The summed E-state index contributed by atoms with van der Waals surface area (Å²) in [6, 6.07) is 12.2. The molecular weight excluding hydrogens is 332 g/mol. The number of halogens is 1. The monoisotopic (exact) mass is 340 g/mol. The van der Waals surface area contributed by atoms with Gasteiger partial charge in [-0.25, -0.2) is 9.69 Å². The first-order chi connectivity index (χ1) is 11.5. The van der Waals surface area contributed by atoms with Gasteiger partial charge in [0.15, 0.2) is 6.61 Å². The molecule has 0 fully saturated rings. The topological polar surface area (TPSA) is 87.5 Å². The van der Waals surface area contributed by atoms with Gasteiger partial charge < -0.3 is 4.74 Å². The molecule has 0 saturated carbocycles. The predicted molar refractivity (Wildman–Crippen MR) is 84.9 cm³/mol. The van der Waals surface area contributed by atoms with Crippen molar-refractivity contribution in [2.75, 3.05) is 11.5 Å². The standard InChI is InChI=1S/C17H9ClN2O4/c18-13-3-1-2-4-14(13)20-15(21)11-6-5-10(9-12(11)16(20)22)17(23)24-8-7-19/h1-6,9H,8H2. The molecule has 0 radical (unpaired) electrons. The van der Waals surface area contributed by atoms with E-state index < -0.39 is 24.4 Å². The van der Waals surface area contributed by atoms with Crippen LogP contribution in [0.15, 0.2) is 42.5 Å². The van der Waals surface area contributed by atoms with Gasteiger partial charge in [0.2, 0.25) is 0 Å². The fraction of sp³-hybridized carbons (Fsp3) is 0.0588. The number of carbonyl (C=O) groups excluding carboxylic acids is 3. The highest BCUT2D eigenvalue weighted by Crippen LogP contribution is 2.33. The number of nitrogens with zero attached hydrogens (tertiary/aromatic N) is 2. The number of amides is 2. The molecule has 2 amide bonds. The quantitative estimate of drug-likeness (QED) is 0.633. The summed E-state index contributed by atoms with van der Waals surface area (Å²) < 4.78 is 4.70. The molecule has 0 aliphatic carbocycles. The SMILES string of the molecule is N#CCOC(=O)c1ccc2c(c1)C(=O)N(c1ccccc1Cl)C2=O. The molecule has 118 valence electrons. The van der Waals surface area contributed by atoms with Crippen LogP contribution in [0.1, 0.15) is 31.1 Å². The largest absolute Gasteiger partial charge is 0.447 e. The average molecular weight is 341 g/mol. The first-order valence-electron chi connectivity index (χ1n) is 6.86. The van der Waals surface area contributed by atoms with Crippen LogP contribution in [0.25, 0.3) is 0 Å². The summed E-state index contributed by atoms with van der Waals surface area (Å²) in [4.78, 5) is 37.9. The maximum absolute atomic E-state index is 12.6. The second-order valence-corrected chi connectivity index (χ2v) is 5.30. The number of hydrogen-bond donors (Lipinski definition) is 0. The molecule has 0 saturated heterocycles. The van der Waals surface area contributed by atoms with E-state index in [-0.39, 0.29) is 27.4 Å². The van der Waals surface area contributed by atoms with Crippen molar-refractivity contribution in [3.8, 4) is 6.07 Å². The molecule has 24 heavy (non-hydrogen) atoms. The van der Waals surface area contributed by atoms with Crippen LogP contribution in [0, 0.1) is 11.3 Å². The van der Waals surface area contributed by atoms with Gasteiger partial charge in [0.25, 0.3) is 11.8 Å². The second kappa shape index (κ2) is 6.14. The third kappa shape index (κ3) is 2.51. The van der Waals surface area contributed by atoms with Crippen molar-refractivity contribution in [1.29, 1.82) is 5.26 Å². The fourth-order valence-corrected chi connectivity index (χ4v) is 2.62. The van der Waals surface area contributed by atoms with Gasteiger partial charge >= 0.3 is 5.97 Å². The first-order valence-corrected chi connectivity index (χ1v) is 7.24. The zero-order chi connectivity index (χ0) is 17.3. The fourth-order valence-electron chi connectivity index (χ4n) is 2.40. The third-order valence-corrected chi connectivity index (χ3v) is 3.80. The van der Waals surface area contributed by atoms with Gasteiger partial charge in [-0.1, -0.05) is 23.7 Å². The van der Waals surface area contributed by atoms with E-state index in [9.17, 15) is 14.4 Å². The number of esters is 1. The van der Waals surface area contributed by atoms with Gasteiger partial charge in [0.1, 0.15) is 6.07 Å². The lowest BCUT2D eigenvalue weighted by Gasteiger charge is -2.15. The predicted octanol–water partition coefficient (Wildman–Crippen LogP) is 2.82. The minimum absolute atomic E-state index is 0.0890. The highest BCUT2D eigenvalue weighted by molar-refractivity contribution is 6.39. The number of para-hydroxylation sites is 1. The summed E-state index contributed by atoms with van der Waals surface area (Å²) >= 11 is 6.07. The van der Waals surface area contributed by atoms with E-state index >= 15 is 0 Å². The molecule has 0 bridgehead atoms. The minimum Gasteiger partial charge on any atom is -0.447 e. The number of anilines is 1. The van der Waals surface area contributed by atoms with Gasteiger partial charge in [0, 0.05) is 0 Å². The minimum atomic E-state index is -0.740. The maximum Gasteiger partial charge on any atom is 0.339 e. The van der Waals surface area contributed by atoms with Gasteiger partial charge in [-0.15, -0.1) is 0 Å². The molecule has 0 aromatic heterocycles. The number of benzene rings is 2. The molecule has 1 heterocycles. The second-order valence-electron chi connectivity index (χ2n) is 4.89. The Labute approximate surface area is 141 Å². The highest BCUT2D eigenvalue weighted by atomic mass is 35.5. The Morgan fingerprint density at radius 1 is 1.12 bits per heavy atom. The van der Waals surface area contributed by atoms with E-state index in [1.807, 2.05) is 0 Å². The van der Waals surface area contributed by atoms with Gasteiger partial charge in [0.05, 0.1) is 27.4 Å². The molecule has 1 aliphatic rings. The Bertz CT molecular complexity index is 917. The van der Waals surface area contributed by atoms with Crippen LogP contribution in [0.2, 0.25) is 5.02 Å². The van der Waals surface area contributed by atoms with E-state index in [4.69, 9.17) is 21.6 Å². The van der Waals surface area contributed by atoms with Crippen molar-refractivity contribution in [3.63, 3.8) is 0 Å². The Kier molecular flexibility index (Phi) is 4.02. The van der Waals surface area contributed by atoms with E-state index in [1.165, 1.54) is 18.2 Å². The van der Waals surface area contributed by atoms with Crippen molar-refractivity contribution in [2.45, 2.75) is 0 Å². The number of carbonyl (C=O) groups is 3. The van der Waals surface area contributed by atoms with E-state index in [1.54, 1.807) is 30.3 Å². The summed E-state index contributed by atoms with van der Waals surface area (Å²) in [5.74, 6) is -1.83. The zero-order valence-corrected chi connectivity index (χ0v) is 12.9. The van der Waals surface area contributed by atoms with Crippen molar-refractivity contribution in [1.82, 2.24) is 0 Å². The molecule has 7 heteroatoms. The first kappa shape index (κ1) is 15.7. The van der Waals surface area contributed by atoms with E-state index in [2.05, 4.69) is 0 Å². The highest BCUT2D eigenvalue weighted by Gasteiger charge is 2.38. The van der Waals surface area contributed by atoms with Crippen molar-refractivity contribution < 1.29 is 19.1 Å². The molecule has 0 atom stereocenters. The molecule has 6 nitrogen and oxygen atoms in total. The van der Waals surface area contributed by atoms with Gasteiger partial charge in [-0.2, -0.15) is 5.26 Å². The molecule has 0 spiro atoms. The summed E-state index contributed by atoms with van der Waals surface area (Å²) in [6.07, 6.45) is 0. The van der Waals surface area contributed by atoms with Crippen LogP contribution < -0.4 is 4.90 Å². The lowest BCUT2D eigenvalue weighted by Crippen LogP contribution is -2.29. The Morgan fingerprint density at radius 2 is 1.83 bits per heavy atom. The van der Waals surface area contributed by atoms with Crippen LogP contribution in [0.3, 0.4) is 0 Å². The zero-order valence-electron chi connectivity index (χ0n) is 12.2. The molecule has 1 aliphatic heterocycles. The molecular formula is C17H9ClN2O4. The number of fused-ring (bicyclic) bond motifs is 1. The molecule has 0 N–H and O–H groups in total. The molecule has 0 unspecified atom stereocenters. The summed E-state index contributed by atoms with van der Waals surface area (Å²) in [5, 5.41) is 8.70. The summed E-state index contributed by atoms with van der Waals surface area (Å²) in [7, 11) is 0. The van der Waals surface area contributed by atoms with E-state index in [0.29, 0.717) is 0 Å². The van der Waals surface area contributed by atoms with Crippen LogP contribution in [-0.4, -0.2) is 24.4 Å². The molecule has 2 aromatic carbocycles. The van der Waals surface area contributed by atoms with Crippen LogP contribution in [-0.2, 0) is 4.74 Å². The number of hydrogen-bond acceptors (Lipinski definition) is 5. The van der Waals surface area contributed by atoms with Crippen LogP contribution in [0.4, 0.5) is 5.69 Å². The summed E-state index contributed by atoms with van der Waals surface area (Å²) in [6.45, 7) is -0.394. The lowest BCUT2D eigenvalue weighted by molar-refractivity contribution is 0.0554. The molecule has 3 rings (SSSR count). The van der Waals surface area contributed by atoms with Crippen LogP contribution >= 0.6 is 11.6 Å². The normalized spacial score (nSPS) is 12.8. The smallest absolute Gasteiger partial charge is 0.339 e. The maximum atomic E-state index is 12.6. The van der Waals surface area contributed by atoms with Gasteiger partial charge in [-0.05, 0) is 30.3 Å². The van der Waals surface area contributed by atoms with E-state index in [0.717, 1.165) is 4.90 Å². The Morgan fingerprint density at radius 3 is 2.54 bits per heavy atom. The lowest BCUT2D eigenvalue weighted by atomic mass is 10.1. The average Bonchev–Trinajstić information content (AvgIpc) is 2.84. The number of ether oxygens (including phenoxy) is 1. The van der Waals surface area contributed by atoms with Crippen molar-refractivity contribution in [3.05, 3.63) is 64.2 Å². The van der Waals surface area contributed by atoms with Crippen molar-refractivity contribution >= 4 is 35.1 Å². The molecule has 2 aromatic rings. The number of rotatable bonds is 3. The van der Waals surface area contributed by atoms with Crippen LogP contribution in [0.5, 0.6) is 0 Å². The number of nitriles is 1. The number of imide groups is 1. The Hall–Kier alpha value is -3.17. The Balaban J connectivity index is 1.99. The van der Waals surface area contributed by atoms with Gasteiger partial charge in [-0.3, -0.25) is 9.59 Å². The third-order valence-electron chi connectivity index (χ3n) is 3.48. The van der Waals surface area contributed by atoms with Crippen molar-refractivity contribution in [2.24, 2.45) is 0 Å². The summed E-state index contributed by atoms with van der Waals surface area (Å²) in [5.41, 5.74) is 0.633.